The maximum absolute atomic E-state index is 13.8. The molecule has 0 radical (unpaired) electrons. The molecule has 2 aromatic carbocycles. The Morgan fingerprint density at radius 3 is 2.80 bits per heavy atom. The summed E-state index contributed by atoms with van der Waals surface area (Å²) in [6, 6.07) is 12.3. The SMILES string of the molecule is CC(O)(Cc1ccccc1F)c1cccc2c1OCC2. The fourth-order valence-corrected chi connectivity index (χ4v) is 2.75. The number of aliphatic hydroxyl groups is 1. The molecule has 0 bridgehead atoms. The first-order chi connectivity index (χ1) is 9.58. The van der Waals surface area contributed by atoms with Gasteiger partial charge in [0.2, 0.25) is 0 Å². The molecule has 1 aliphatic rings. The highest BCUT2D eigenvalue weighted by molar-refractivity contribution is 5.47. The molecule has 3 heteroatoms. The molecule has 1 unspecified atom stereocenters. The molecular formula is C17H17FO2. The van der Waals surface area contributed by atoms with E-state index in [-0.39, 0.29) is 12.2 Å². The van der Waals surface area contributed by atoms with Gasteiger partial charge in [0.1, 0.15) is 11.6 Å². The number of halogens is 1. The highest BCUT2D eigenvalue weighted by Crippen LogP contribution is 2.38. The van der Waals surface area contributed by atoms with Gasteiger partial charge in [0.25, 0.3) is 0 Å². The van der Waals surface area contributed by atoms with Crippen LogP contribution in [0, 0.1) is 5.82 Å². The Bertz CT molecular complexity index is 635. The van der Waals surface area contributed by atoms with Crippen molar-refractivity contribution in [2.24, 2.45) is 0 Å². The predicted molar refractivity (Wildman–Crippen MR) is 75.3 cm³/mol. The lowest BCUT2D eigenvalue weighted by Crippen LogP contribution is -2.25. The topological polar surface area (TPSA) is 29.5 Å². The zero-order chi connectivity index (χ0) is 14.2. The van der Waals surface area contributed by atoms with Gasteiger partial charge >= 0.3 is 0 Å². The van der Waals surface area contributed by atoms with Crippen LogP contribution in [0.5, 0.6) is 5.75 Å². The van der Waals surface area contributed by atoms with Crippen molar-refractivity contribution in [3.63, 3.8) is 0 Å². The van der Waals surface area contributed by atoms with Gasteiger partial charge in [-0.15, -0.1) is 0 Å². The van der Waals surface area contributed by atoms with Crippen LogP contribution in [0.4, 0.5) is 4.39 Å². The van der Waals surface area contributed by atoms with Gasteiger partial charge in [-0.05, 0) is 24.1 Å². The Balaban J connectivity index is 1.97. The van der Waals surface area contributed by atoms with Gasteiger partial charge in [0.15, 0.2) is 0 Å². The molecule has 0 amide bonds. The van der Waals surface area contributed by atoms with E-state index in [1.165, 1.54) is 6.07 Å². The lowest BCUT2D eigenvalue weighted by Gasteiger charge is -2.26. The molecule has 0 aliphatic carbocycles. The first-order valence-corrected chi connectivity index (χ1v) is 6.79. The molecule has 2 nitrogen and oxygen atoms in total. The minimum atomic E-state index is -1.15. The summed E-state index contributed by atoms with van der Waals surface area (Å²) in [5.74, 6) is 0.468. The Labute approximate surface area is 117 Å². The average molecular weight is 272 g/mol. The number of benzene rings is 2. The second kappa shape index (κ2) is 4.91. The third kappa shape index (κ3) is 2.29. The van der Waals surface area contributed by atoms with Gasteiger partial charge in [-0.1, -0.05) is 36.4 Å². The minimum Gasteiger partial charge on any atom is -0.493 e. The largest absolute Gasteiger partial charge is 0.493 e. The number of para-hydroxylation sites is 1. The maximum atomic E-state index is 13.8. The summed E-state index contributed by atoms with van der Waals surface area (Å²) in [7, 11) is 0. The Hall–Kier alpha value is -1.87. The summed E-state index contributed by atoms with van der Waals surface area (Å²) in [5, 5.41) is 10.8. The van der Waals surface area contributed by atoms with Gasteiger partial charge in [-0.25, -0.2) is 4.39 Å². The second-order valence-electron chi connectivity index (χ2n) is 5.43. The summed E-state index contributed by atoms with van der Waals surface area (Å²) in [6.07, 6.45) is 1.08. The molecule has 0 saturated carbocycles. The lowest BCUT2D eigenvalue weighted by molar-refractivity contribution is 0.0539. The van der Waals surface area contributed by atoms with Crippen LogP contribution in [-0.2, 0) is 18.4 Å². The first kappa shape index (κ1) is 13.1. The highest BCUT2D eigenvalue weighted by Gasteiger charge is 2.31. The van der Waals surface area contributed by atoms with Crippen LogP contribution in [0.2, 0.25) is 0 Å². The monoisotopic (exact) mass is 272 g/mol. The van der Waals surface area contributed by atoms with Crippen LogP contribution < -0.4 is 4.74 Å². The van der Waals surface area contributed by atoms with E-state index in [9.17, 15) is 9.50 Å². The molecule has 0 aromatic heterocycles. The lowest BCUT2D eigenvalue weighted by atomic mass is 9.87. The fourth-order valence-electron chi connectivity index (χ4n) is 2.75. The predicted octanol–water partition coefficient (Wildman–Crippen LogP) is 3.21. The smallest absolute Gasteiger partial charge is 0.128 e. The van der Waals surface area contributed by atoms with E-state index in [2.05, 4.69) is 0 Å². The second-order valence-corrected chi connectivity index (χ2v) is 5.43. The van der Waals surface area contributed by atoms with Gasteiger partial charge < -0.3 is 9.84 Å². The molecule has 3 rings (SSSR count). The van der Waals surface area contributed by atoms with E-state index in [0.717, 1.165) is 23.3 Å². The van der Waals surface area contributed by atoms with Gasteiger partial charge in [0, 0.05) is 18.4 Å². The van der Waals surface area contributed by atoms with Crippen molar-refractivity contribution >= 4 is 0 Å². The van der Waals surface area contributed by atoms with Crippen LogP contribution >= 0.6 is 0 Å². The maximum Gasteiger partial charge on any atom is 0.128 e. The summed E-state index contributed by atoms with van der Waals surface area (Å²) in [5.41, 5.74) is 1.19. The van der Waals surface area contributed by atoms with Crippen LogP contribution in [0.1, 0.15) is 23.6 Å². The molecule has 1 heterocycles. The van der Waals surface area contributed by atoms with Crippen molar-refractivity contribution in [2.75, 3.05) is 6.61 Å². The van der Waals surface area contributed by atoms with Gasteiger partial charge in [0.05, 0.1) is 12.2 Å². The Kier molecular flexibility index (Phi) is 3.22. The number of hydrogen-bond donors (Lipinski definition) is 1. The molecule has 0 spiro atoms. The molecule has 20 heavy (non-hydrogen) atoms. The molecule has 0 fully saturated rings. The third-order valence-electron chi connectivity index (χ3n) is 3.79. The van der Waals surface area contributed by atoms with Crippen LogP contribution in [0.15, 0.2) is 42.5 Å². The summed E-state index contributed by atoms with van der Waals surface area (Å²) in [4.78, 5) is 0. The van der Waals surface area contributed by atoms with Crippen molar-refractivity contribution in [2.45, 2.75) is 25.4 Å². The van der Waals surface area contributed by atoms with E-state index in [1.807, 2.05) is 18.2 Å². The van der Waals surface area contributed by atoms with Crippen molar-refractivity contribution in [3.8, 4) is 5.75 Å². The molecule has 1 aliphatic heterocycles. The Morgan fingerprint density at radius 1 is 1.20 bits per heavy atom. The zero-order valence-corrected chi connectivity index (χ0v) is 11.4. The van der Waals surface area contributed by atoms with Gasteiger partial charge in [-0.2, -0.15) is 0 Å². The summed E-state index contributed by atoms with van der Waals surface area (Å²) in [6.45, 7) is 2.35. The van der Waals surface area contributed by atoms with Crippen LogP contribution in [0.3, 0.4) is 0 Å². The fraction of sp³-hybridized carbons (Fsp3) is 0.294. The quantitative estimate of drug-likeness (QED) is 0.929. The zero-order valence-electron chi connectivity index (χ0n) is 11.4. The summed E-state index contributed by atoms with van der Waals surface area (Å²) >= 11 is 0. The highest BCUT2D eigenvalue weighted by atomic mass is 19.1. The number of hydrogen-bond acceptors (Lipinski definition) is 2. The number of rotatable bonds is 3. The summed E-state index contributed by atoms with van der Waals surface area (Å²) < 4.78 is 19.4. The first-order valence-electron chi connectivity index (χ1n) is 6.79. The Morgan fingerprint density at radius 2 is 2.00 bits per heavy atom. The van der Waals surface area contributed by atoms with E-state index < -0.39 is 5.60 Å². The minimum absolute atomic E-state index is 0.222. The van der Waals surface area contributed by atoms with E-state index in [0.29, 0.717) is 12.2 Å². The van der Waals surface area contributed by atoms with Crippen LogP contribution in [-0.4, -0.2) is 11.7 Å². The van der Waals surface area contributed by atoms with Crippen molar-refractivity contribution < 1.29 is 14.2 Å². The molecule has 0 saturated heterocycles. The van der Waals surface area contributed by atoms with Crippen molar-refractivity contribution in [3.05, 3.63) is 65.0 Å². The van der Waals surface area contributed by atoms with Crippen molar-refractivity contribution in [1.82, 2.24) is 0 Å². The van der Waals surface area contributed by atoms with Gasteiger partial charge in [-0.3, -0.25) is 0 Å². The third-order valence-corrected chi connectivity index (χ3v) is 3.79. The van der Waals surface area contributed by atoms with Crippen LogP contribution in [0.25, 0.3) is 0 Å². The molecule has 1 N–H and O–H groups in total. The molecular weight excluding hydrogens is 255 g/mol. The molecule has 2 aromatic rings. The van der Waals surface area contributed by atoms with E-state index in [1.54, 1.807) is 25.1 Å². The average Bonchev–Trinajstić information content (AvgIpc) is 2.89. The van der Waals surface area contributed by atoms with E-state index >= 15 is 0 Å². The molecule has 1 atom stereocenters. The van der Waals surface area contributed by atoms with Crippen molar-refractivity contribution in [1.29, 1.82) is 0 Å². The van der Waals surface area contributed by atoms with E-state index in [4.69, 9.17) is 4.74 Å². The number of fused-ring (bicyclic) bond motifs is 1. The molecule has 104 valence electrons. The number of ether oxygens (including phenoxy) is 1. The standard InChI is InChI=1S/C17H17FO2/c1-17(19,11-13-5-2-3-8-15(13)18)14-7-4-6-12-9-10-20-16(12)14/h2-8,19H,9-11H2,1H3. The normalized spacial score (nSPS) is 16.4.